The average molecular weight is 1930 g/mol. The Hall–Kier alpha value is -19.0. The molecule has 0 fully saturated rings. The maximum Gasteiger partial charge on any atom is 0.159 e. The number of benzene rings is 22. The van der Waals surface area contributed by atoms with Crippen LogP contribution in [0.15, 0.2) is 558 Å². The van der Waals surface area contributed by atoms with E-state index in [2.05, 4.69) is 529 Å². The number of hydrogen-bond acceptors (Lipinski definition) is 8. The van der Waals surface area contributed by atoms with E-state index in [1.54, 1.807) is 28.1 Å². The van der Waals surface area contributed by atoms with Crippen molar-refractivity contribution in [2.75, 3.05) is 33.8 Å². The van der Waals surface area contributed by atoms with Crippen molar-refractivity contribution < 1.29 is 19.1 Å². The molecule has 22 aromatic carbocycles. The van der Waals surface area contributed by atoms with E-state index in [9.17, 15) is 9.59 Å². The summed E-state index contributed by atoms with van der Waals surface area (Å²) in [6, 6.07) is 202. The summed E-state index contributed by atoms with van der Waals surface area (Å²) in [5.74, 6) is 1.71. The fraction of sp³-hybridized carbons (Fsp3) is 0.0563. The lowest BCUT2D eigenvalue weighted by molar-refractivity contribution is 0.100. The molecule has 28 rings (SSSR count). The van der Waals surface area contributed by atoms with Crippen molar-refractivity contribution in [3.63, 3.8) is 0 Å². The molecule has 0 amide bonds. The fourth-order valence-corrected chi connectivity index (χ4v) is 24.6. The van der Waals surface area contributed by atoms with Crippen molar-refractivity contribution >= 4 is 79.8 Å². The molecule has 4 unspecified atom stereocenters. The van der Waals surface area contributed by atoms with Crippen LogP contribution >= 0.6 is 0 Å². The third-order valence-corrected chi connectivity index (χ3v) is 31.1. The zero-order chi connectivity index (χ0) is 101. The molecule has 716 valence electrons. The topological polar surface area (TPSA) is 65.6 Å². The number of methoxy groups -OCH3 is 2. The van der Waals surface area contributed by atoms with Gasteiger partial charge in [-0.25, -0.2) is 0 Å². The summed E-state index contributed by atoms with van der Waals surface area (Å²) in [4.78, 5) is 35.1. The van der Waals surface area contributed by atoms with E-state index in [1.807, 2.05) is 48.5 Å². The Kier molecular flexibility index (Phi) is 23.6. The van der Waals surface area contributed by atoms with Gasteiger partial charge < -0.3 is 29.1 Å². The van der Waals surface area contributed by atoms with Gasteiger partial charge in [-0.2, -0.15) is 0 Å². The fourth-order valence-electron chi connectivity index (χ4n) is 24.6. The second-order valence-corrected chi connectivity index (χ2v) is 39.1. The van der Waals surface area contributed by atoms with Gasteiger partial charge in [0.05, 0.1) is 35.9 Å². The van der Waals surface area contributed by atoms with Gasteiger partial charge in [0.15, 0.2) is 11.6 Å². The minimum absolute atomic E-state index is 0.0310. The highest BCUT2D eigenvalue weighted by Crippen LogP contribution is 2.70. The SMILES string of the molecule is CC(=O)c1cccc(-c2ccc3c(c2)C2(c4ccc(N(c5ccccc5)c5ccccc5)cc4)c4ccccc4C3(c3ccc(N(c4ccccc4)c4ccccc4)cc3)c3cc(-c4cccc(C(C)=O)c4)ccc32)c1.COc1cccc(-c2ccc3c(c2)C2(c4ccc(N(c5ccccc5)c5ccccc5)cc4)c4ccccc4C3(c3ccc(N(c4ccccc4)c4ccccc4)cc3)c3cc(-c4cccc(OC)c4)ccc32)c1. The Balaban J connectivity index is 0.000000155. The van der Waals surface area contributed by atoms with Gasteiger partial charge in [-0.1, -0.05) is 352 Å². The number of ether oxygens (including phenoxy) is 2. The van der Waals surface area contributed by atoms with Gasteiger partial charge in [-0.3, -0.25) is 9.59 Å². The lowest BCUT2D eigenvalue weighted by atomic mass is 9.44. The molecule has 6 aliphatic carbocycles. The monoisotopic (exact) mass is 1930 g/mol. The predicted octanol–water partition coefficient (Wildman–Crippen LogP) is 35.1. The first-order valence-electron chi connectivity index (χ1n) is 51.3. The number of rotatable bonds is 24. The van der Waals surface area contributed by atoms with E-state index in [0.717, 1.165) is 135 Å². The Morgan fingerprint density at radius 3 is 0.533 bits per heavy atom. The quantitative estimate of drug-likeness (QED) is 0.0555. The van der Waals surface area contributed by atoms with Crippen LogP contribution in [0.4, 0.5) is 68.2 Å². The molecule has 4 atom stereocenters. The number of para-hydroxylation sites is 8. The van der Waals surface area contributed by atoms with E-state index in [1.165, 1.54) is 77.9 Å². The summed E-state index contributed by atoms with van der Waals surface area (Å²) >= 11 is 0. The van der Waals surface area contributed by atoms with Crippen LogP contribution in [0.1, 0.15) is 124 Å². The first-order chi connectivity index (χ1) is 73.9. The Morgan fingerprint density at radius 1 is 0.160 bits per heavy atom. The van der Waals surface area contributed by atoms with E-state index in [4.69, 9.17) is 9.47 Å². The summed E-state index contributed by atoms with van der Waals surface area (Å²) in [6.45, 7) is 3.26. The summed E-state index contributed by atoms with van der Waals surface area (Å²) in [6.07, 6.45) is 0. The molecular weight excluding hydrogens is 1830 g/mol. The molecule has 0 N–H and O–H groups in total. The number of anilines is 12. The second-order valence-electron chi connectivity index (χ2n) is 39.1. The van der Waals surface area contributed by atoms with Crippen molar-refractivity contribution in [1.82, 2.24) is 0 Å². The highest BCUT2D eigenvalue weighted by Gasteiger charge is 2.63. The molecule has 0 spiro atoms. The Morgan fingerprint density at radius 2 is 0.333 bits per heavy atom. The molecule has 8 heteroatoms. The molecule has 0 heterocycles. The maximum atomic E-state index is 12.9. The van der Waals surface area contributed by atoms with Crippen LogP contribution in [-0.2, 0) is 21.7 Å². The largest absolute Gasteiger partial charge is 0.497 e. The summed E-state index contributed by atoms with van der Waals surface area (Å²) < 4.78 is 11.6. The molecule has 4 bridgehead atoms. The van der Waals surface area contributed by atoms with Crippen LogP contribution in [0.2, 0.25) is 0 Å². The van der Waals surface area contributed by atoms with E-state index in [0.29, 0.717) is 11.1 Å². The first kappa shape index (κ1) is 92.1. The van der Waals surface area contributed by atoms with Crippen molar-refractivity contribution in [2.24, 2.45) is 0 Å². The third-order valence-electron chi connectivity index (χ3n) is 31.1. The van der Waals surface area contributed by atoms with Gasteiger partial charge in [0.2, 0.25) is 0 Å². The third kappa shape index (κ3) is 15.3. The second kappa shape index (κ2) is 38.5. The molecular formula is C142H104N4O4. The molecule has 0 saturated carbocycles. The van der Waals surface area contributed by atoms with Crippen molar-refractivity contribution in [2.45, 2.75) is 35.5 Å². The minimum Gasteiger partial charge on any atom is -0.497 e. The van der Waals surface area contributed by atoms with Gasteiger partial charge in [-0.15, -0.1) is 0 Å². The number of hydrogen-bond donors (Lipinski definition) is 0. The molecule has 0 aliphatic heterocycles. The van der Waals surface area contributed by atoms with E-state index in [-0.39, 0.29) is 11.6 Å². The molecule has 0 aromatic heterocycles. The summed E-state index contributed by atoms with van der Waals surface area (Å²) in [7, 11) is 3.48. The van der Waals surface area contributed by atoms with Gasteiger partial charge in [0.1, 0.15) is 11.5 Å². The van der Waals surface area contributed by atoms with Crippen LogP contribution < -0.4 is 29.1 Å². The highest BCUT2D eigenvalue weighted by molar-refractivity contribution is 5.98. The average Bonchev–Trinajstić information content (AvgIpc) is 0.648. The van der Waals surface area contributed by atoms with Crippen molar-refractivity contribution in [3.8, 4) is 56.0 Å². The number of carbonyl (C=O) groups is 2. The van der Waals surface area contributed by atoms with Gasteiger partial charge in [0, 0.05) is 79.4 Å². The first-order valence-corrected chi connectivity index (χ1v) is 51.3. The molecule has 0 saturated heterocycles. The highest BCUT2D eigenvalue weighted by atomic mass is 16.5. The number of nitrogens with zero attached hydrogens (tertiary/aromatic N) is 4. The van der Waals surface area contributed by atoms with Crippen LogP contribution in [0.5, 0.6) is 11.5 Å². The smallest absolute Gasteiger partial charge is 0.159 e. The molecule has 8 nitrogen and oxygen atoms in total. The van der Waals surface area contributed by atoms with E-state index < -0.39 is 21.7 Å². The maximum absolute atomic E-state index is 12.9. The zero-order valence-corrected chi connectivity index (χ0v) is 83.5. The van der Waals surface area contributed by atoms with Crippen LogP contribution in [0, 0.1) is 0 Å². The van der Waals surface area contributed by atoms with Gasteiger partial charge in [-0.05, 0) is 354 Å². The minimum atomic E-state index is -0.794. The summed E-state index contributed by atoms with van der Waals surface area (Å²) in [5.41, 5.74) is 39.2. The molecule has 6 aliphatic rings. The molecule has 0 radical (unpaired) electrons. The van der Waals surface area contributed by atoms with Crippen LogP contribution in [0.3, 0.4) is 0 Å². The standard InChI is InChI=1S/C72H52N2O2.C70H52N2O2/c1-49(75)51-19-17-21-53(45-51)55-33-43-67-69(47-55)71(57-35-39-63(40-36-57)73(59-23-7-3-8-24-59)60-25-9-4-10-26-60)65-31-15-16-32-66(65)72(67,70-48-56(34-44-68(70)71)54-22-18-20-52(46-54)50(2)76)58-37-41-64(42-38-58)74(61-27-11-5-12-28-61)62-29-13-6-14-30-62;1-73-61-29-17-19-49(45-61)51-33-43-65-67(47-51)69(53-35-39-59(40-36-53)71(55-21-7-3-8-22-55)56-23-9-4-10-24-56)63-31-15-16-32-64(63)70(65,68-48-52(34-44-66(68)69)50-20-18-30-62(46-50)74-2)54-37-41-60(42-38-54)72(57-25-11-5-12-26-57)58-27-13-6-14-28-58/h3-48H,1-2H3;3-48H,1-2H3. The molecule has 150 heavy (non-hydrogen) atoms. The van der Waals surface area contributed by atoms with Gasteiger partial charge in [0.25, 0.3) is 0 Å². The lowest BCUT2D eigenvalue weighted by Gasteiger charge is -2.57. The number of Topliss-reactive ketones (excluding diaryl/α,β-unsaturated/α-hetero) is 2. The van der Waals surface area contributed by atoms with E-state index >= 15 is 0 Å². The predicted molar refractivity (Wildman–Crippen MR) is 614 cm³/mol. The lowest BCUT2D eigenvalue weighted by Crippen LogP contribution is -2.52. The Labute approximate surface area is 876 Å². The molecule has 22 aromatic rings. The van der Waals surface area contributed by atoms with Crippen LogP contribution in [-0.4, -0.2) is 25.8 Å². The number of carbonyl (C=O) groups excluding carboxylic acids is 2. The van der Waals surface area contributed by atoms with Crippen molar-refractivity contribution in [3.05, 3.63) is 658 Å². The number of ketones is 2. The summed E-state index contributed by atoms with van der Waals surface area (Å²) in [5, 5.41) is 0. The zero-order valence-electron chi connectivity index (χ0n) is 83.5. The van der Waals surface area contributed by atoms with Crippen molar-refractivity contribution in [1.29, 1.82) is 0 Å². The normalized spacial score (nSPS) is 15.8. The van der Waals surface area contributed by atoms with Gasteiger partial charge >= 0.3 is 0 Å². The Bertz CT molecular complexity index is 8150. The van der Waals surface area contributed by atoms with Crippen LogP contribution in [0.25, 0.3) is 44.5 Å².